The second-order valence-electron chi connectivity index (χ2n) is 6.16. The number of anilines is 2. The Morgan fingerprint density at radius 1 is 1.33 bits per heavy atom. The molecule has 0 spiro atoms. The van der Waals surface area contributed by atoms with E-state index in [1.165, 1.54) is 6.20 Å². The molecule has 2 amide bonds. The van der Waals surface area contributed by atoms with E-state index < -0.39 is 17.9 Å². The van der Waals surface area contributed by atoms with E-state index in [2.05, 4.69) is 25.6 Å². The van der Waals surface area contributed by atoms with Gasteiger partial charge >= 0.3 is 0 Å². The van der Waals surface area contributed by atoms with Crippen molar-refractivity contribution in [3.8, 4) is 0 Å². The van der Waals surface area contributed by atoms with Crippen molar-refractivity contribution in [2.75, 3.05) is 10.6 Å². The van der Waals surface area contributed by atoms with Crippen LogP contribution in [0, 0.1) is 0 Å². The highest BCUT2D eigenvalue weighted by Gasteiger charge is 2.19. The van der Waals surface area contributed by atoms with Crippen LogP contribution in [0.5, 0.6) is 0 Å². The van der Waals surface area contributed by atoms with E-state index in [4.69, 9.17) is 11.5 Å². The summed E-state index contributed by atoms with van der Waals surface area (Å²) in [7, 11) is 0. The zero-order valence-electron chi connectivity index (χ0n) is 14.8. The lowest BCUT2D eigenvalue weighted by Gasteiger charge is -2.19. The molecule has 2 heterocycles. The monoisotopic (exact) mass is 367 g/mol. The van der Waals surface area contributed by atoms with E-state index in [-0.39, 0.29) is 17.6 Å². The summed E-state index contributed by atoms with van der Waals surface area (Å²) in [6.45, 7) is 1.82. The lowest BCUT2D eigenvalue weighted by Crippen LogP contribution is -2.36. The molecule has 1 unspecified atom stereocenters. The van der Waals surface area contributed by atoms with Crippen LogP contribution in [-0.2, 0) is 4.79 Å². The van der Waals surface area contributed by atoms with Crippen LogP contribution in [0.4, 0.5) is 11.6 Å². The van der Waals surface area contributed by atoms with Crippen molar-refractivity contribution in [2.45, 2.75) is 31.8 Å². The van der Waals surface area contributed by atoms with Gasteiger partial charge in [0.2, 0.25) is 5.91 Å². The molecule has 6 N–H and O–H groups in total. The largest absolute Gasteiger partial charge is 0.368 e. The molecule has 0 aromatic carbocycles. The Morgan fingerprint density at radius 3 is 2.85 bits per heavy atom. The number of pyridine rings is 1. The zero-order chi connectivity index (χ0) is 19.4. The van der Waals surface area contributed by atoms with E-state index in [0.717, 1.165) is 10.6 Å². The molecular weight excluding hydrogens is 346 g/mol. The van der Waals surface area contributed by atoms with E-state index in [1.807, 2.05) is 31.2 Å². The van der Waals surface area contributed by atoms with Gasteiger partial charge in [0, 0.05) is 6.20 Å². The molecule has 27 heavy (non-hydrogen) atoms. The average Bonchev–Trinajstić information content (AvgIpc) is 2.65. The quantitative estimate of drug-likeness (QED) is 0.495. The van der Waals surface area contributed by atoms with E-state index in [0.29, 0.717) is 18.7 Å². The molecular formula is C18H21N7O2. The molecule has 0 fully saturated rings. The van der Waals surface area contributed by atoms with Crippen LogP contribution in [0.3, 0.4) is 0 Å². The van der Waals surface area contributed by atoms with E-state index >= 15 is 0 Å². The first kappa shape index (κ1) is 18.3. The number of hydrogen-bond donors (Lipinski definition) is 4. The Kier molecular flexibility index (Phi) is 5.30. The Morgan fingerprint density at radius 2 is 2.15 bits per heavy atom. The number of nitrogens with one attached hydrogen (secondary N) is 2. The van der Waals surface area contributed by atoms with Gasteiger partial charge in [0.05, 0.1) is 17.6 Å². The van der Waals surface area contributed by atoms with Crippen molar-refractivity contribution in [3.05, 3.63) is 40.8 Å². The fourth-order valence-electron chi connectivity index (χ4n) is 2.83. The van der Waals surface area contributed by atoms with Gasteiger partial charge in [-0.2, -0.15) is 0 Å². The molecule has 1 aliphatic rings. The molecule has 0 bridgehead atoms. The van der Waals surface area contributed by atoms with Crippen LogP contribution in [0.2, 0.25) is 0 Å². The summed E-state index contributed by atoms with van der Waals surface area (Å²) in [5.41, 5.74) is 10.8. The first-order valence-corrected chi connectivity index (χ1v) is 8.60. The predicted octanol–water partition coefficient (Wildman–Crippen LogP) is -0.908. The Labute approximate surface area is 155 Å². The van der Waals surface area contributed by atoms with Gasteiger partial charge in [-0.3, -0.25) is 14.6 Å². The Balaban J connectivity index is 1.89. The summed E-state index contributed by atoms with van der Waals surface area (Å²) in [4.78, 5) is 35.9. The summed E-state index contributed by atoms with van der Waals surface area (Å²) < 4.78 is 0. The number of carbonyl (C=O) groups is 2. The third-order valence-corrected chi connectivity index (χ3v) is 4.22. The number of primary amides is 2. The van der Waals surface area contributed by atoms with Gasteiger partial charge in [0.15, 0.2) is 11.5 Å². The molecule has 0 radical (unpaired) electrons. The molecule has 9 nitrogen and oxygen atoms in total. The third-order valence-electron chi connectivity index (χ3n) is 4.22. The molecule has 0 saturated carbocycles. The molecule has 0 aliphatic heterocycles. The second-order valence-corrected chi connectivity index (χ2v) is 6.16. The van der Waals surface area contributed by atoms with Gasteiger partial charge in [-0.15, -0.1) is 0 Å². The van der Waals surface area contributed by atoms with Crippen LogP contribution >= 0.6 is 0 Å². The van der Waals surface area contributed by atoms with Crippen molar-refractivity contribution >= 4 is 35.6 Å². The van der Waals surface area contributed by atoms with E-state index in [9.17, 15) is 9.59 Å². The molecule has 3 rings (SSSR count). The maximum atomic E-state index is 11.7. The predicted molar refractivity (Wildman–Crippen MR) is 102 cm³/mol. The number of hydrogen-bond acceptors (Lipinski definition) is 7. The minimum Gasteiger partial charge on any atom is -0.368 e. The van der Waals surface area contributed by atoms with Gasteiger partial charge in [-0.25, -0.2) is 9.97 Å². The highest BCUT2D eigenvalue weighted by molar-refractivity contribution is 5.96. The average molecular weight is 367 g/mol. The Hall–Kier alpha value is -3.49. The molecule has 2 aromatic heterocycles. The third kappa shape index (κ3) is 4.20. The molecule has 9 heteroatoms. The maximum Gasteiger partial charge on any atom is 0.271 e. The van der Waals surface area contributed by atoms with Gasteiger partial charge in [0.1, 0.15) is 11.9 Å². The summed E-state index contributed by atoms with van der Waals surface area (Å²) >= 11 is 0. The topological polar surface area (TPSA) is 149 Å². The first-order valence-electron chi connectivity index (χ1n) is 8.60. The lowest BCUT2D eigenvalue weighted by atomic mass is 10.1. The summed E-state index contributed by atoms with van der Waals surface area (Å²) in [5, 5.41) is 8.01. The van der Waals surface area contributed by atoms with Crippen LogP contribution in [-0.4, -0.2) is 38.8 Å². The fourth-order valence-corrected chi connectivity index (χ4v) is 2.83. The van der Waals surface area contributed by atoms with Crippen LogP contribution < -0.4 is 32.7 Å². The van der Waals surface area contributed by atoms with Crippen molar-refractivity contribution < 1.29 is 9.59 Å². The van der Waals surface area contributed by atoms with Crippen molar-refractivity contribution in [1.82, 2.24) is 15.0 Å². The van der Waals surface area contributed by atoms with Crippen LogP contribution in [0.25, 0.3) is 12.2 Å². The highest BCUT2D eigenvalue weighted by Crippen LogP contribution is 2.17. The van der Waals surface area contributed by atoms with Crippen LogP contribution in [0.15, 0.2) is 24.5 Å². The number of amides is 2. The van der Waals surface area contributed by atoms with Gasteiger partial charge < -0.3 is 22.1 Å². The highest BCUT2D eigenvalue weighted by atomic mass is 16.1. The number of rotatable bonds is 7. The number of nitrogens with two attached hydrogens (primary N) is 2. The standard InChI is InChI=1S/C18H21N7O2/c1-2-12(16(19)26)24-14-9-22-15(17(20)27)18(25-14)23-11-5-6-13-10(8-11)4-3-7-21-13/h3-4,6-9,11-12H,2,5H2,1H3,(H2,19,26)(H2,20,27)(H2,23,24,25)/t11?,12-/m1/s1. The van der Waals surface area contributed by atoms with Crippen molar-refractivity contribution in [2.24, 2.45) is 11.5 Å². The lowest BCUT2D eigenvalue weighted by molar-refractivity contribution is -0.118. The molecule has 2 aromatic rings. The van der Waals surface area contributed by atoms with Crippen molar-refractivity contribution in [1.29, 1.82) is 0 Å². The molecule has 140 valence electrons. The van der Waals surface area contributed by atoms with Gasteiger partial charge in [-0.1, -0.05) is 25.1 Å². The van der Waals surface area contributed by atoms with Gasteiger partial charge in [0.25, 0.3) is 5.91 Å². The number of carbonyl (C=O) groups excluding carboxylic acids is 2. The second kappa shape index (κ2) is 7.81. The number of fused-ring (bicyclic) bond motifs is 1. The maximum absolute atomic E-state index is 11.7. The normalized spacial score (nSPS) is 16.3. The molecule has 1 aliphatic carbocycles. The van der Waals surface area contributed by atoms with Crippen LogP contribution in [0.1, 0.15) is 30.3 Å². The van der Waals surface area contributed by atoms with Crippen molar-refractivity contribution in [3.63, 3.8) is 0 Å². The summed E-state index contributed by atoms with van der Waals surface area (Å²) in [6.07, 6.45) is 8.27. The molecule has 2 atom stereocenters. The summed E-state index contributed by atoms with van der Waals surface area (Å²) in [6, 6.07) is 3.13. The minimum absolute atomic E-state index is 0.0260. The molecule has 0 saturated heterocycles. The van der Waals surface area contributed by atoms with Gasteiger partial charge in [-0.05, 0) is 24.1 Å². The number of aromatic nitrogens is 3. The first-order chi connectivity index (χ1) is 13.0. The number of nitrogens with zero attached hydrogens (tertiary/aromatic N) is 3. The Bertz CT molecular complexity index is 989. The fraction of sp³-hybridized carbons (Fsp3) is 0.278. The minimum atomic E-state index is -0.694. The SMILES string of the molecule is CC[C@@H](Nc1cnc(C(N)=O)c(NC2C=c3cccnc3=CC2)n1)C(N)=O. The zero-order valence-corrected chi connectivity index (χ0v) is 14.8. The smallest absolute Gasteiger partial charge is 0.271 e. The summed E-state index contributed by atoms with van der Waals surface area (Å²) in [5.74, 6) is -0.615. The van der Waals surface area contributed by atoms with E-state index in [1.54, 1.807) is 6.20 Å².